The van der Waals surface area contributed by atoms with E-state index in [4.69, 9.17) is 5.11 Å². The Hall–Kier alpha value is -1.79. The number of nitrogens with one attached hydrogen (secondary N) is 2. The maximum atomic E-state index is 11.0. The molecule has 1 amide bonds. The molecule has 0 saturated heterocycles. The van der Waals surface area contributed by atoms with Crippen LogP contribution in [-0.2, 0) is 5.41 Å². The molecule has 1 heterocycles. The van der Waals surface area contributed by atoms with Crippen molar-refractivity contribution in [2.75, 3.05) is 6.54 Å². The van der Waals surface area contributed by atoms with Crippen LogP contribution in [0.2, 0.25) is 0 Å². The molecule has 2 unspecified atom stereocenters. The van der Waals surface area contributed by atoms with Crippen LogP contribution in [0.15, 0.2) is 9.32 Å². The zero-order valence-corrected chi connectivity index (χ0v) is 9.69. The Morgan fingerprint density at radius 3 is 2.88 bits per heavy atom. The lowest BCUT2D eigenvalue weighted by molar-refractivity contribution is 0.192. The van der Waals surface area contributed by atoms with Crippen molar-refractivity contribution >= 4 is 6.09 Å². The first-order chi connectivity index (χ1) is 7.95. The molecule has 17 heavy (non-hydrogen) atoms. The molecule has 1 aliphatic rings. The summed E-state index contributed by atoms with van der Waals surface area (Å²) in [6, 6.07) is 0. The van der Waals surface area contributed by atoms with E-state index in [-0.39, 0.29) is 6.54 Å². The van der Waals surface area contributed by atoms with Gasteiger partial charge >= 0.3 is 11.8 Å². The molecule has 94 valence electrons. The maximum absolute atomic E-state index is 11.0. The molecule has 3 N–H and O–H groups in total. The highest BCUT2D eigenvalue weighted by atomic mass is 16.5. The third-order valence-electron chi connectivity index (χ3n) is 3.41. The zero-order valence-electron chi connectivity index (χ0n) is 9.69. The standard InChI is InChI=1S/C10H15N3O4/c1-5(2)6-3-10(6,4-11-8(14)15)7-12-9(16)17-13-7/h5-6,11H,3-4H2,1-2H3,(H,14,15)(H,12,13,16). The van der Waals surface area contributed by atoms with Gasteiger partial charge in [-0.25, -0.2) is 9.59 Å². The predicted molar refractivity (Wildman–Crippen MR) is 57.8 cm³/mol. The number of amides is 1. The van der Waals surface area contributed by atoms with Gasteiger partial charge in [-0.05, 0) is 18.3 Å². The van der Waals surface area contributed by atoms with Crippen molar-refractivity contribution in [3.8, 4) is 0 Å². The Bertz CT molecular complexity index is 478. The fourth-order valence-corrected chi connectivity index (χ4v) is 2.44. The third-order valence-corrected chi connectivity index (χ3v) is 3.41. The van der Waals surface area contributed by atoms with Gasteiger partial charge in [0.25, 0.3) is 0 Å². The first-order valence-corrected chi connectivity index (χ1v) is 5.49. The molecule has 2 atom stereocenters. The van der Waals surface area contributed by atoms with Gasteiger partial charge in [0, 0.05) is 6.54 Å². The summed E-state index contributed by atoms with van der Waals surface area (Å²) in [6.07, 6.45) is -0.280. The van der Waals surface area contributed by atoms with Crippen LogP contribution in [0.4, 0.5) is 4.79 Å². The molecule has 0 spiro atoms. The fourth-order valence-electron chi connectivity index (χ4n) is 2.44. The van der Waals surface area contributed by atoms with Crippen LogP contribution in [0.1, 0.15) is 26.1 Å². The molecule has 1 saturated carbocycles. The summed E-state index contributed by atoms with van der Waals surface area (Å²) in [4.78, 5) is 24.0. The highest BCUT2D eigenvalue weighted by Crippen LogP contribution is 2.56. The molecule has 0 aliphatic heterocycles. The number of carboxylic acid groups (broad SMARTS) is 1. The molecule has 1 aliphatic carbocycles. The Kier molecular flexibility index (Phi) is 2.68. The lowest BCUT2D eigenvalue weighted by atomic mass is 9.96. The first kappa shape index (κ1) is 11.7. The van der Waals surface area contributed by atoms with Gasteiger partial charge in [0.05, 0.1) is 5.41 Å². The molecule has 7 heteroatoms. The van der Waals surface area contributed by atoms with E-state index in [1.54, 1.807) is 0 Å². The number of nitrogens with zero attached hydrogens (tertiary/aromatic N) is 1. The smallest absolute Gasteiger partial charge is 0.438 e. The van der Waals surface area contributed by atoms with Gasteiger partial charge in [0.2, 0.25) is 0 Å². The largest absolute Gasteiger partial charge is 0.465 e. The van der Waals surface area contributed by atoms with E-state index >= 15 is 0 Å². The van der Waals surface area contributed by atoms with E-state index in [9.17, 15) is 9.59 Å². The van der Waals surface area contributed by atoms with Crippen molar-refractivity contribution in [2.24, 2.45) is 11.8 Å². The van der Waals surface area contributed by atoms with Gasteiger partial charge in [0.1, 0.15) is 0 Å². The molecule has 7 nitrogen and oxygen atoms in total. The van der Waals surface area contributed by atoms with Crippen LogP contribution in [0, 0.1) is 11.8 Å². The average Bonchev–Trinajstić information content (AvgIpc) is 2.84. The first-order valence-electron chi connectivity index (χ1n) is 5.49. The maximum Gasteiger partial charge on any atom is 0.438 e. The van der Waals surface area contributed by atoms with E-state index < -0.39 is 17.3 Å². The second-order valence-electron chi connectivity index (χ2n) is 4.81. The lowest BCUT2D eigenvalue weighted by Crippen LogP contribution is -2.34. The Balaban J connectivity index is 2.21. The number of carbonyl (C=O) groups is 1. The van der Waals surface area contributed by atoms with Gasteiger partial charge in [-0.3, -0.25) is 9.51 Å². The molecule has 0 bridgehead atoms. The number of aromatic amines is 1. The van der Waals surface area contributed by atoms with Crippen molar-refractivity contribution in [1.82, 2.24) is 15.5 Å². The van der Waals surface area contributed by atoms with Crippen LogP contribution >= 0.6 is 0 Å². The van der Waals surface area contributed by atoms with Gasteiger partial charge in [-0.15, -0.1) is 0 Å². The monoisotopic (exact) mass is 241 g/mol. The summed E-state index contributed by atoms with van der Waals surface area (Å²) < 4.78 is 4.49. The number of rotatable bonds is 4. The Morgan fingerprint density at radius 1 is 1.76 bits per heavy atom. The van der Waals surface area contributed by atoms with E-state index in [1.807, 2.05) is 0 Å². The minimum absolute atomic E-state index is 0.244. The summed E-state index contributed by atoms with van der Waals surface area (Å²) in [5.74, 6) is 0.528. The van der Waals surface area contributed by atoms with E-state index in [0.29, 0.717) is 17.7 Å². The molecule has 1 fully saturated rings. The lowest BCUT2D eigenvalue weighted by Gasteiger charge is -2.15. The molecular formula is C10H15N3O4. The van der Waals surface area contributed by atoms with Crippen LogP contribution < -0.4 is 11.1 Å². The summed E-state index contributed by atoms with van der Waals surface area (Å²) in [5.41, 5.74) is -0.418. The van der Waals surface area contributed by atoms with Crippen LogP contribution in [-0.4, -0.2) is 27.9 Å². The van der Waals surface area contributed by atoms with Crippen molar-refractivity contribution in [3.63, 3.8) is 0 Å². The number of aromatic nitrogens is 2. The molecule has 1 aromatic rings. The Morgan fingerprint density at radius 2 is 2.47 bits per heavy atom. The van der Waals surface area contributed by atoms with E-state index in [0.717, 1.165) is 6.42 Å². The highest BCUT2D eigenvalue weighted by Gasteiger charge is 2.59. The van der Waals surface area contributed by atoms with Crippen molar-refractivity contribution < 1.29 is 14.4 Å². The molecule has 2 rings (SSSR count). The van der Waals surface area contributed by atoms with Gasteiger partial charge in [0.15, 0.2) is 5.82 Å². The molecule has 0 aromatic carbocycles. The summed E-state index contributed by atoms with van der Waals surface area (Å²) in [6.45, 7) is 4.37. The van der Waals surface area contributed by atoms with Gasteiger partial charge in [-0.1, -0.05) is 19.0 Å². The van der Waals surface area contributed by atoms with Crippen molar-refractivity contribution in [3.05, 3.63) is 16.4 Å². The quantitative estimate of drug-likeness (QED) is 0.713. The number of hydrogen-bond acceptors (Lipinski definition) is 4. The fraction of sp³-hybridized carbons (Fsp3) is 0.700. The summed E-state index contributed by atoms with van der Waals surface area (Å²) in [5, 5.41) is 14.7. The minimum atomic E-state index is -1.08. The second-order valence-corrected chi connectivity index (χ2v) is 4.81. The summed E-state index contributed by atoms with van der Waals surface area (Å²) >= 11 is 0. The topological polar surface area (TPSA) is 108 Å². The molecule has 1 aromatic heterocycles. The van der Waals surface area contributed by atoms with Crippen LogP contribution in [0.5, 0.6) is 0 Å². The normalized spacial score (nSPS) is 27.1. The average molecular weight is 241 g/mol. The van der Waals surface area contributed by atoms with E-state index in [2.05, 4.69) is 33.8 Å². The van der Waals surface area contributed by atoms with Gasteiger partial charge in [-0.2, -0.15) is 0 Å². The van der Waals surface area contributed by atoms with Crippen LogP contribution in [0.25, 0.3) is 0 Å². The second kappa shape index (κ2) is 3.90. The number of hydrogen-bond donors (Lipinski definition) is 3. The van der Waals surface area contributed by atoms with Crippen molar-refractivity contribution in [2.45, 2.75) is 25.7 Å². The van der Waals surface area contributed by atoms with Crippen LogP contribution in [0.3, 0.4) is 0 Å². The van der Waals surface area contributed by atoms with Gasteiger partial charge < -0.3 is 10.4 Å². The molecule has 0 radical (unpaired) electrons. The number of H-pyrrole nitrogens is 1. The predicted octanol–water partition coefficient (Wildman–Crippen LogP) is 0.544. The Labute approximate surface area is 97.2 Å². The third kappa shape index (κ3) is 2.04. The van der Waals surface area contributed by atoms with E-state index in [1.165, 1.54) is 0 Å². The highest BCUT2D eigenvalue weighted by molar-refractivity contribution is 5.64. The van der Waals surface area contributed by atoms with Crippen molar-refractivity contribution in [1.29, 1.82) is 0 Å². The zero-order chi connectivity index (χ0) is 12.6. The molecular weight excluding hydrogens is 226 g/mol. The SMILES string of the molecule is CC(C)C1CC1(CNC(=O)O)c1noc(=O)[nH]1. The minimum Gasteiger partial charge on any atom is -0.465 e. The summed E-state index contributed by atoms with van der Waals surface area (Å²) in [7, 11) is 0.